The van der Waals surface area contributed by atoms with Crippen LogP contribution in [-0.4, -0.2) is 4.98 Å². The maximum absolute atomic E-state index is 14.4. The van der Waals surface area contributed by atoms with Gasteiger partial charge in [-0.15, -0.1) is 0 Å². The third-order valence-electron chi connectivity index (χ3n) is 5.24. The Balaban J connectivity index is 1.94. The van der Waals surface area contributed by atoms with Gasteiger partial charge in [0.05, 0.1) is 5.02 Å². The van der Waals surface area contributed by atoms with Crippen molar-refractivity contribution < 1.29 is 8.78 Å². The van der Waals surface area contributed by atoms with Crippen molar-refractivity contribution >= 4 is 11.6 Å². The standard InChI is InChI=1S/C25H26ClF2N/c1-24(2,3)19-8-6-7-17(10-19)18-9-16(14-29-15-18)13-25(4,5)20-11-21(26)23(28)12-22(20)27/h6-12,14-15H,13H2,1-5H3. The van der Waals surface area contributed by atoms with Crippen LogP contribution in [0, 0.1) is 11.6 Å². The van der Waals surface area contributed by atoms with Crippen LogP contribution in [0.3, 0.4) is 0 Å². The second-order valence-electron chi connectivity index (χ2n) is 9.22. The molecule has 1 aromatic heterocycles. The van der Waals surface area contributed by atoms with Crippen LogP contribution in [0.4, 0.5) is 8.78 Å². The molecule has 0 amide bonds. The molecule has 0 aliphatic heterocycles. The Kier molecular flexibility index (Phi) is 5.82. The van der Waals surface area contributed by atoms with Crippen molar-refractivity contribution in [1.29, 1.82) is 0 Å². The SMILES string of the molecule is CC(C)(C)c1cccc(-c2cncc(CC(C)(C)c3cc(Cl)c(F)cc3F)c2)c1. The Morgan fingerprint density at radius 3 is 2.28 bits per heavy atom. The first kappa shape index (κ1) is 21.4. The zero-order chi connectivity index (χ0) is 21.4. The Bertz CT molecular complexity index is 1040. The topological polar surface area (TPSA) is 12.9 Å². The molecule has 0 bridgehead atoms. The first-order chi connectivity index (χ1) is 13.5. The molecule has 0 aliphatic rings. The molecule has 0 saturated carbocycles. The van der Waals surface area contributed by atoms with Gasteiger partial charge in [-0.1, -0.05) is 70.5 Å². The van der Waals surface area contributed by atoms with E-state index in [1.165, 1.54) is 11.6 Å². The van der Waals surface area contributed by atoms with E-state index in [0.29, 0.717) is 12.0 Å². The van der Waals surface area contributed by atoms with Gasteiger partial charge in [-0.3, -0.25) is 4.98 Å². The van der Waals surface area contributed by atoms with Gasteiger partial charge in [0.1, 0.15) is 11.6 Å². The summed E-state index contributed by atoms with van der Waals surface area (Å²) in [5.41, 5.74) is 4.22. The summed E-state index contributed by atoms with van der Waals surface area (Å²) in [4.78, 5) is 4.40. The van der Waals surface area contributed by atoms with Crippen LogP contribution in [0.25, 0.3) is 11.1 Å². The van der Waals surface area contributed by atoms with Crippen molar-refractivity contribution in [3.8, 4) is 11.1 Å². The molecule has 4 heteroatoms. The van der Waals surface area contributed by atoms with Crippen molar-refractivity contribution in [3.63, 3.8) is 0 Å². The first-order valence-electron chi connectivity index (χ1n) is 9.67. The number of benzene rings is 2. The third-order valence-corrected chi connectivity index (χ3v) is 5.53. The molecule has 3 rings (SSSR count). The van der Waals surface area contributed by atoms with Crippen molar-refractivity contribution in [2.75, 3.05) is 0 Å². The van der Waals surface area contributed by atoms with E-state index in [0.717, 1.165) is 22.8 Å². The molecule has 0 spiro atoms. The van der Waals surface area contributed by atoms with Gasteiger partial charge >= 0.3 is 0 Å². The summed E-state index contributed by atoms with van der Waals surface area (Å²) in [6.07, 6.45) is 4.18. The Morgan fingerprint density at radius 1 is 0.862 bits per heavy atom. The molecule has 152 valence electrons. The van der Waals surface area contributed by atoms with E-state index in [4.69, 9.17) is 11.6 Å². The van der Waals surface area contributed by atoms with Crippen LogP contribution in [0.15, 0.2) is 54.9 Å². The third kappa shape index (κ3) is 4.84. The van der Waals surface area contributed by atoms with Crippen LogP contribution < -0.4 is 0 Å². The largest absolute Gasteiger partial charge is 0.264 e. The van der Waals surface area contributed by atoms with Crippen molar-refractivity contribution in [3.05, 3.63) is 88.2 Å². The summed E-state index contributed by atoms with van der Waals surface area (Å²) in [6, 6.07) is 12.8. The molecule has 2 aromatic carbocycles. The van der Waals surface area contributed by atoms with Crippen LogP contribution in [0.5, 0.6) is 0 Å². The van der Waals surface area contributed by atoms with Crippen LogP contribution >= 0.6 is 11.6 Å². The summed E-state index contributed by atoms with van der Waals surface area (Å²) in [5.74, 6) is -1.33. The second-order valence-corrected chi connectivity index (χ2v) is 9.63. The molecule has 1 nitrogen and oxygen atoms in total. The average Bonchev–Trinajstić information content (AvgIpc) is 2.64. The van der Waals surface area contributed by atoms with Crippen LogP contribution in [-0.2, 0) is 17.3 Å². The monoisotopic (exact) mass is 413 g/mol. The number of halogens is 3. The van der Waals surface area contributed by atoms with Crippen molar-refractivity contribution in [2.45, 2.75) is 51.9 Å². The highest BCUT2D eigenvalue weighted by atomic mass is 35.5. The number of aromatic nitrogens is 1. The predicted octanol–water partition coefficient (Wildman–Crippen LogP) is 7.50. The summed E-state index contributed by atoms with van der Waals surface area (Å²) >= 11 is 5.90. The molecule has 0 unspecified atom stereocenters. The smallest absolute Gasteiger partial charge is 0.144 e. The van der Waals surface area contributed by atoms with Gasteiger partial charge in [-0.25, -0.2) is 8.78 Å². The Morgan fingerprint density at radius 2 is 1.59 bits per heavy atom. The fourth-order valence-electron chi connectivity index (χ4n) is 3.55. The van der Waals surface area contributed by atoms with E-state index in [2.05, 4.69) is 56.1 Å². The van der Waals surface area contributed by atoms with E-state index in [1.807, 2.05) is 20.0 Å². The van der Waals surface area contributed by atoms with Crippen LogP contribution in [0.2, 0.25) is 5.02 Å². The molecule has 0 atom stereocenters. The summed E-state index contributed by atoms with van der Waals surface area (Å²) in [6.45, 7) is 10.4. The minimum atomic E-state index is -0.744. The van der Waals surface area contributed by atoms with Gasteiger partial charge in [0, 0.05) is 24.0 Å². The van der Waals surface area contributed by atoms with Crippen molar-refractivity contribution in [1.82, 2.24) is 4.98 Å². The summed E-state index contributed by atoms with van der Waals surface area (Å²) < 4.78 is 28.0. The molecular formula is C25H26ClF2N. The van der Waals surface area contributed by atoms with Gasteiger partial charge in [0.25, 0.3) is 0 Å². The van der Waals surface area contributed by atoms with Gasteiger partial charge in [0.2, 0.25) is 0 Å². The first-order valence-corrected chi connectivity index (χ1v) is 10.0. The quantitative estimate of drug-likeness (QED) is 0.403. The molecule has 0 fully saturated rings. The minimum absolute atomic E-state index is 0.0580. The second kappa shape index (κ2) is 7.87. The van der Waals surface area contributed by atoms with E-state index in [9.17, 15) is 8.78 Å². The van der Waals surface area contributed by atoms with Gasteiger partial charge in [-0.2, -0.15) is 0 Å². The molecular weight excluding hydrogens is 388 g/mol. The molecule has 0 aliphatic carbocycles. The number of pyridine rings is 1. The number of hydrogen-bond acceptors (Lipinski definition) is 1. The molecule has 1 heterocycles. The Hall–Kier alpha value is -2.26. The number of rotatable bonds is 4. The lowest BCUT2D eigenvalue weighted by Crippen LogP contribution is -2.22. The normalized spacial score (nSPS) is 12.3. The fraction of sp³-hybridized carbons (Fsp3) is 0.320. The number of nitrogens with zero attached hydrogens (tertiary/aromatic N) is 1. The maximum atomic E-state index is 14.4. The zero-order valence-corrected chi connectivity index (χ0v) is 18.2. The van der Waals surface area contributed by atoms with Crippen molar-refractivity contribution in [2.24, 2.45) is 0 Å². The van der Waals surface area contributed by atoms with Gasteiger partial charge < -0.3 is 0 Å². The minimum Gasteiger partial charge on any atom is -0.264 e. The van der Waals surface area contributed by atoms with E-state index >= 15 is 0 Å². The average molecular weight is 414 g/mol. The Labute approximate surface area is 176 Å². The van der Waals surface area contributed by atoms with Gasteiger partial charge in [-0.05, 0) is 51.6 Å². The molecule has 3 aromatic rings. The highest BCUT2D eigenvalue weighted by Crippen LogP contribution is 2.34. The molecule has 29 heavy (non-hydrogen) atoms. The maximum Gasteiger partial charge on any atom is 0.144 e. The van der Waals surface area contributed by atoms with E-state index in [1.54, 1.807) is 6.20 Å². The highest BCUT2D eigenvalue weighted by molar-refractivity contribution is 6.30. The number of hydrogen-bond donors (Lipinski definition) is 0. The van der Waals surface area contributed by atoms with E-state index < -0.39 is 17.0 Å². The molecule has 0 saturated heterocycles. The molecule has 0 radical (unpaired) electrons. The van der Waals surface area contributed by atoms with Gasteiger partial charge in [0.15, 0.2) is 0 Å². The van der Waals surface area contributed by atoms with E-state index in [-0.39, 0.29) is 10.4 Å². The molecule has 0 N–H and O–H groups in total. The zero-order valence-electron chi connectivity index (χ0n) is 17.5. The lowest BCUT2D eigenvalue weighted by atomic mass is 9.79. The summed E-state index contributed by atoms with van der Waals surface area (Å²) in [5, 5.41) is -0.0691. The fourth-order valence-corrected chi connectivity index (χ4v) is 3.72. The highest BCUT2D eigenvalue weighted by Gasteiger charge is 2.26. The van der Waals surface area contributed by atoms with Crippen LogP contribution in [0.1, 0.15) is 51.3 Å². The lowest BCUT2D eigenvalue weighted by Gasteiger charge is -2.26. The summed E-state index contributed by atoms with van der Waals surface area (Å²) in [7, 11) is 0. The lowest BCUT2D eigenvalue weighted by molar-refractivity contribution is 0.474. The predicted molar refractivity (Wildman–Crippen MR) is 116 cm³/mol.